The Kier molecular flexibility index (Phi) is 9.46. The van der Waals surface area contributed by atoms with Crippen molar-refractivity contribution in [3.63, 3.8) is 0 Å². The van der Waals surface area contributed by atoms with Gasteiger partial charge in [-0.25, -0.2) is 0 Å². The van der Waals surface area contributed by atoms with Gasteiger partial charge in [0, 0.05) is 22.1 Å². The molecular weight excluding hydrogens is 491 g/mol. The van der Waals surface area contributed by atoms with E-state index in [1.54, 1.807) is 30.3 Å². The lowest BCUT2D eigenvalue weighted by Gasteiger charge is -2.31. The maximum atomic E-state index is 13.1. The Morgan fingerprint density at radius 1 is 1.13 bits per heavy atom. The Labute approximate surface area is 195 Å². The van der Waals surface area contributed by atoms with Crippen LogP contribution in [0.15, 0.2) is 46.9 Å². The van der Waals surface area contributed by atoms with Crippen LogP contribution in [-0.4, -0.2) is 35.4 Å². The van der Waals surface area contributed by atoms with Crippen LogP contribution in [0, 0.1) is 0 Å². The van der Waals surface area contributed by atoms with E-state index in [-0.39, 0.29) is 31.0 Å². The lowest BCUT2D eigenvalue weighted by Crippen LogP contribution is -2.51. The second-order valence-electron chi connectivity index (χ2n) is 7.10. The minimum atomic E-state index is -0.625. The van der Waals surface area contributed by atoms with Crippen LogP contribution in [0.1, 0.15) is 32.8 Å². The molecule has 0 radical (unpaired) electrons. The lowest BCUT2D eigenvalue weighted by molar-refractivity contribution is -0.143. The van der Waals surface area contributed by atoms with Gasteiger partial charge >= 0.3 is 0 Å². The summed E-state index contributed by atoms with van der Waals surface area (Å²) in [5.74, 6) is -0.106. The fourth-order valence-corrected chi connectivity index (χ4v) is 3.76. The third-order valence-corrected chi connectivity index (χ3v) is 5.37. The van der Waals surface area contributed by atoms with Crippen LogP contribution in [0.4, 0.5) is 0 Å². The van der Waals surface area contributed by atoms with Gasteiger partial charge in [0.2, 0.25) is 5.91 Å². The van der Waals surface area contributed by atoms with Gasteiger partial charge in [0.05, 0.1) is 5.02 Å². The Morgan fingerprint density at radius 3 is 2.37 bits per heavy atom. The monoisotopic (exact) mass is 514 g/mol. The number of carbonyl (C=O) groups is 2. The molecule has 162 valence electrons. The SMILES string of the molecule is CC[C@@H](C(=O)NC(C)C)N(Cc1ccc(Cl)cc1)C(=O)COc1ccc(Br)cc1Cl. The van der Waals surface area contributed by atoms with E-state index in [0.717, 1.165) is 10.0 Å². The molecule has 2 aromatic carbocycles. The van der Waals surface area contributed by atoms with Gasteiger partial charge in [0.25, 0.3) is 5.91 Å². The zero-order valence-electron chi connectivity index (χ0n) is 17.1. The summed E-state index contributed by atoms with van der Waals surface area (Å²) in [6.45, 7) is 5.67. The van der Waals surface area contributed by atoms with E-state index >= 15 is 0 Å². The highest BCUT2D eigenvalue weighted by atomic mass is 79.9. The standard InChI is InChI=1S/C22H25BrCl2N2O3/c1-4-19(22(29)26-14(2)3)27(12-15-5-8-17(24)9-6-15)21(28)13-30-20-10-7-16(23)11-18(20)25/h5-11,14,19H,4,12-13H2,1-3H3,(H,26,29)/t19-/m0/s1. The van der Waals surface area contributed by atoms with E-state index in [4.69, 9.17) is 27.9 Å². The molecule has 1 N–H and O–H groups in total. The topological polar surface area (TPSA) is 58.6 Å². The lowest BCUT2D eigenvalue weighted by atomic mass is 10.1. The van der Waals surface area contributed by atoms with Gasteiger partial charge < -0.3 is 15.0 Å². The summed E-state index contributed by atoms with van der Waals surface area (Å²) >= 11 is 15.5. The summed E-state index contributed by atoms with van der Waals surface area (Å²) in [6, 6.07) is 11.7. The van der Waals surface area contributed by atoms with Gasteiger partial charge in [-0.15, -0.1) is 0 Å². The quantitative estimate of drug-likeness (QED) is 0.482. The summed E-state index contributed by atoms with van der Waals surface area (Å²) < 4.78 is 6.46. The van der Waals surface area contributed by atoms with Gasteiger partial charge in [-0.1, -0.05) is 58.2 Å². The molecule has 2 aromatic rings. The fourth-order valence-electron chi connectivity index (χ4n) is 2.90. The van der Waals surface area contributed by atoms with Gasteiger partial charge in [-0.05, 0) is 56.2 Å². The number of rotatable bonds is 9. The van der Waals surface area contributed by atoms with E-state index in [0.29, 0.717) is 22.2 Å². The van der Waals surface area contributed by atoms with Gasteiger partial charge in [-0.2, -0.15) is 0 Å². The molecule has 0 saturated carbocycles. The minimum Gasteiger partial charge on any atom is -0.482 e. The molecule has 5 nitrogen and oxygen atoms in total. The molecule has 0 aliphatic rings. The number of carbonyl (C=O) groups excluding carboxylic acids is 2. The van der Waals surface area contributed by atoms with E-state index in [2.05, 4.69) is 21.2 Å². The molecule has 1 atom stereocenters. The third kappa shape index (κ3) is 7.18. The second-order valence-corrected chi connectivity index (χ2v) is 8.86. The average molecular weight is 516 g/mol. The maximum absolute atomic E-state index is 13.1. The molecule has 0 heterocycles. The molecule has 0 spiro atoms. The van der Waals surface area contributed by atoms with Crippen LogP contribution in [0.2, 0.25) is 10.0 Å². The highest BCUT2D eigenvalue weighted by molar-refractivity contribution is 9.10. The van der Waals surface area contributed by atoms with Crippen molar-refractivity contribution in [2.45, 2.75) is 45.8 Å². The average Bonchev–Trinajstić information content (AvgIpc) is 2.68. The molecule has 0 bridgehead atoms. The Bertz CT molecular complexity index is 875. The molecule has 0 aliphatic heterocycles. The number of benzene rings is 2. The van der Waals surface area contributed by atoms with Crippen LogP contribution in [-0.2, 0) is 16.1 Å². The Morgan fingerprint density at radius 2 is 1.80 bits per heavy atom. The highest BCUT2D eigenvalue weighted by Gasteiger charge is 2.29. The second kappa shape index (κ2) is 11.6. The minimum absolute atomic E-state index is 0.0307. The number of hydrogen-bond acceptors (Lipinski definition) is 3. The van der Waals surface area contributed by atoms with Crippen LogP contribution in [0.5, 0.6) is 5.75 Å². The van der Waals surface area contributed by atoms with Gasteiger partial charge in [0.15, 0.2) is 6.61 Å². The predicted octanol–water partition coefficient (Wildman–Crippen LogP) is 5.47. The van der Waals surface area contributed by atoms with Crippen molar-refractivity contribution in [1.29, 1.82) is 0 Å². The first-order valence-corrected chi connectivity index (χ1v) is 11.2. The highest BCUT2D eigenvalue weighted by Crippen LogP contribution is 2.28. The molecule has 2 amide bonds. The van der Waals surface area contributed by atoms with Crippen molar-refractivity contribution in [2.75, 3.05) is 6.61 Å². The Hall–Kier alpha value is -1.76. The van der Waals surface area contributed by atoms with E-state index < -0.39 is 6.04 Å². The van der Waals surface area contributed by atoms with Crippen LogP contribution in [0.25, 0.3) is 0 Å². The molecule has 0 aromatic heterocycles. The normalized spacial score (nSPS) is 11.8. The predicted molar refractivity (Wildman–Crippen MR) is 124 cm³/mol. The first-order chi connectivity index (χ1) is 14.2. The smallest absolute Gasteiger partial charge is 0.261 e. The number of halogens is 3. The summed E-state index contributed by atoms with van der Waals surface area (Å²) in [5, 5.41) is 3.89. The number of amides is 2. The largest absolute Gasteiger partial charge is 0.482 e. The molecule has 0 saturated heterocycles. The van der Waals surface area contributed by atoms with Gasteiger partial charge in [-0.3, -0.25) is 9.59 Å². The zero-order chi connectivity index (χ0) is 22.3. The summed E-state index contributed by atoms with van der Waals surface area (Å²) in [6.07, 6.45) is 0.469. The van der Waals surface area contributed by atoms with Crippen LogP contribution < -0.4 is 10.1 Å². The van der Waals surface area contributed by atoms with Crippen molar-refractivity contribution in [3.05, 3.63) is 62.5 Å². The van der Waals surface area contributed by atoms with E-state index in [9.17, 15) is 9.59 Å². The molecular formula is C22H25BrCl2N2O3. The number of nitrogens with one attached hydrogen (secondary N) is 1. The molecule has 8 heteroatoms. The molecule has 0 unspecified atom stereocenters. The van der Waals surface area contributed by atoms with Gasteiger partial charge in [0.1, 0.15) is 11.8 Å². The summed E-state index contributed by atoms with van der Waals surface area (Å²) in [7, 11) is 0. The number of ether oxygens (including phenoxy) is 1. The fraction of sp³-hybridized carbons (Fsp3) is 0.364. The third-order valence-electron chi connectivity index (χ3n) is 4.33. The van der Waals surface area contributed by atoms with Crippen LogP contribution >= 0.6 is 39.1 Å². The zero-order valence-corrected chi connectivity index (χ0v) is 20.2. The van der Waals surface area contributed by atoms with E-state index in [1.807, 2.05) is 32.9 Å². The Balaban J connectivity index is 2.22. The van der Waals surface area contributed by atoms with Crippen molar-refractivity contribution in [1.82, 2.24) is 10.2 Å². The number of hydrogen-bond donors (Lipinski definition) is 1. The van der Waals surface area contributed by atoms with Crippen molar-refractivity contribution < 1.29 is 14.3 Å². The van der Waals surface area contributed by atoms with E-state index in [1.165, 1.54) is 4.90 Å². The summed E-state index contributed by atoms with van der Waals surface area (Å²) in [5.41, 5.74) is 0.866. The maximum Gasteiger partial charge on any atom is 0.261 e. The van der Waals surface area contributed by atoms with Crippen molar-refractivity contribution in [3.8, 4) is 5.75 Å². The molecule has 0 fully saturated rings. The molecule has 0 aliphatic carbocycles. The first kappa shape index (κ1) is 24.5. The first-order valence-electron chi connectivity index (χ1n) is 9.63. The summed E-state index contributed by atoms with van der Waals surface area (Å²) in [4.78, 5) is 27.4. The van der Waals surface area contributed by atoms with Crippen LogP contribution in [0.3, 0.4) is 0 Å². The number of nitrogens with zero attached hydrogens (tertiary/aromatic N) is 1. The molecule has 2 rings (SSSR count). The molecule has 30 heavy (non-hydrogen) atoms. The van der Waals surface area contributed by atoms with Crippen molar-refractivity contribution in [2.24, 2.45) is 0 Å². The van der Waals surface area contributed by atoms with Crippen molar-refractivity contribution >= 4 is 50.9 Å².